The summed E-state index contributed by atoms with van der Waals surface area (Å²) >= 11 is 0. The number of nitrogens with zero attached hydrogens (tertiary/aromatic N) is 1. The van der Waals surface area contributed by atoms with Gasteiger partial charge in [-0.25, -0.2) is 0 Å². The molecule has 0 amide bonds. The molecule has 0 atom stereocenters. The van der Waals surface area contributed by atoms with Crippen LogP contribution in [0.3, 0.4) is 0 Å². The Hall–Kier alpha value is -1.42. The number of hydrogen-bond donors (Lipinski definition) is 3. The van der Waals surface area contributed by atoms with Gasteiger partial charge in [-0.2, -0.15) is 0 Å². The molecule has 1 aromatic rings. The van der Waals surface area contributed by atoms with E-state index in [4.69, 9.17) is 15.3 Å². The minimum Gasteiger partial charge on any atom is -0.504 e. The van der Waals surface area contributed by atoms with Crippen LogP contribution in [0.1, 0.15) is 5.56 Å². The van der Waals surface area contributed by atoms with E-state index >= 15 is 0 Å². The molecule has 72 valence electrons. The van der Waals surface area contributed by atoms with Gasteiger partial charge in [-0.05, 0) is 31.8 Å². The lowest BCUT2D eigenvalue weighted by Crippen LogP contribution is -2.10. The SMILES string of the molecule is CN(C)Cc1cc(O)c(O)c(O)c1. The van der Waals surface area contributed by atoms with Gasteiger partial charge in [-0.15, -0.1) is 0 Å². The molecule has 0 aromatic heterocycles. The fourth-order valence-corrected chi connectivity index (χ4v) is 1.12. The molecule has 0 spiro atoms. The highest BCUT2D eigenvalue weighted by atomic mass is 16.3. The van der Waals surface area contributed by atoms with Crippen LogP contribution in [0.5, 0.6) is 17.2 Å². The van der Waals surface area contributed by atoms with Crippen LogP contribution < -0.4 is 0 Å². The molecular formula is C9H13NO3. The van der Waals surface area contributed by atoms with Gasteiger partial charge in [-0.3, -0.25) is 0 Å². The van der Waals surface area contributed by atoms with Gasteiger partial charge in [0.05, 0.1) is 0 Å². The summed E-state index contributed by atoms with van der Waals surface area (Å²) in [6.45, 7) is 0.599. The summed E-state index contributed by atoms with van der Waals surface area (Å²) in [7, 11) is 3.75. The molecule has 0 bridgehead atoms. The van der Waals surface area contributed by atoms with Crippen molar-refractivity contribution < 1.29 is 15.3 Å². The second kappa shape index (κ2) is 3.53. The molecule has 0 aliphatic heterocycles. The van der Waals surface area contributed by atoms with Crippen molar-refractivity contribution in [1.29, 1.82) is 0 Å². The maximum Gasteiger partial charge on any atom is 0.200 e. The van der Waals surface area contributed by atoms with E-state index in [1.54, 1.807) is 0 Å². The van der Waals surface area contributed by atoms with Crippen LogP contribution in [0.4, 0.5) is 0 Å². The molecule has 3 N–H and O–H groups in total. The fourth-order valence-electron chi connectivity index (χ4n) is 1.12. The summed E-state index contributed by atoms with van der Waals surface area (Å²) in [5, 5.41) is 27.4. The normalized spacial score (nSPS) is 10.7. The molecule has 1 rings (SSSR count). The van der Waals surface area contributed by atoms with Crippen molar-refractivity contribution in [2.75, 3.05) is 14.1 Å². The Bertz CT molecular complexity index is 287. The van der Waals surface area contributed by atoms with Gasteiger partial charge in [0.2, 0.25) is 0 Å². The molecule has 4 heteroatoms. The molecule has 0 radical (unpaired) electrons. The zero-order valence-electron chi connectivity index (χ0n) is 7.65. The van der Waals surface area contributed by atoms with E-state index in [0.29, 0.717) is 6.54 Å². The van der Waals surface area contributed by atoms with Crippen LogP contribution in [0, 0.1) is 0 Å². The number of hydrogen-bond acceptors (Lipinski definition) is 4. The average molecular weight is 183 g/mol. The van der Waals surface area contributed by atoms with Gasteiger partial charge in [0, 0.05) is 6.54 Å². The first-order valence-electron chi connectivity index (χ1n) is 3.89. The maximum atomic E-state index is 9.17. The van der Waals surface area contributed by atoms with E-state index in [9.17, 15) is 0 Å². The van der Waals surface area contributed by atoms with Gasteiger partial charge in [0.1, 0.15) is 0 Å². The Morgan fingerprint density at radius 3 is 1.92 bits per heavy atom. The molecule has 13 heavy (non-hydrogen) atoms. The Morgan fingerprint density at radius 1 is 1.08 bits per heavy atom. The first-order valence-corrected chi connectivity index (χ1v) is 3.89. The highest BCUT2D eigenvalue weighted by molar-refractivity contribution is 5.50. The number of rotatable bonds is 2. The summed E-state index contributed by atoms with van der Waals surface area (Å²) in [6, 6.07) is 2.85. The van der Waals surface area contributed by atoms with Crippen molar-refractivity contribution in [2.45, 2.75) is 6.54 Å². The first-order chi connectivity index (χ1) is 6.00. The van der Waals surface area contributed by atoms with Crippen LogP contribution in [-0.2, 0) is 6.54 Å². The van der Waals surface area contributed by atoms with Crippen molar-refractivity contribution in [3.05, 3.63) is 17.7 Å². The molecule has 4 nitrogen and oxygen atoms in total. The quantitative estimate of drug-likeness (QED) is 0.595. The third-order valence-electron chi connectivity index (χ3n) is 1.63. The molecule has 0 unspecified atom stereocenters. The number of phenols is 3. The zero-order chi connectivity index (χ0) is 10.0. The lowest BCUT2D eigenvalue weighted by Gasteiger charge is -2.10. The van der Waals surface area contributed by atoms with Crippen molar-refractivity contribution in [3.63, 3.8) is 0 Å². The van der Waals surface area contributed by atoms with E-state index in [1.165, 1.54) is 12.1 Å². The van der Waals surface area contributed by atoms with Gasteiger partial charge < -0.3 is 20.2 Å². The second-order valence-corrected chi connectivity index (χ2v) is 3.22. The van der Waals surface area contributed by atoms with Crippen molar-refractivity contribution in [3.8, 4) is 17.2 Å². The van der Waals surface area contributed by atoms with Crippen molar-refractivity contribution in [2.24, 2.45) is 0 Å². The molecule has 1 aromatic carbocycles. The Balaban J connectivity index is 2.99. The standard InChI is InChI=1S/C9H13NO3/c1-10(2)5-6-3-7(11)9(13)8(12)4-6/h3-4,11-13H,5H2,1-2H3. The Morgan fingerprint density at radius 2 is 1.54 bits per heavy atom. The Kier molecular flexibility index (Phi) is 2.63. The van der Waals surface area contributed by atoms with Gasteiger partial charge in [-0.1, -0.05) is 0 Å². The highest BCUT2D eigenvalue weighted by Gasteiger charge is 2.07. The summed E-state index contributed by atoms with van der Waals surface area (Å²) in [5.74, 6) is -1.06. The molecule has 0 aliphatic carbocycles. The predicted molar refractivity (Wildman–Crippen MR) is 48.8 cm³/mol. The van der Waals surface area contributed by atoms with Crippen LogP contribution in [-0.4, -0.2) is 34.3 Å². The number of phenolic OH excluding ortho intramolecular Hbond substituents is 3. The van der Waals surface area contributed by atoms with E-state index < -0.39 is 5.75 Å². The van der Waals surface area contributed by atoms with Crippen molar-refractivity contribution in [1.82, 2.24) is 4.90 Å². The van der Waals surface area contributed by atoms with Crippen LogP contribution in [0.2, 0.25) is 0 Å². The topological polar surface area (TPSA) is 63.9 Å². The summed E-state index contributed by atoms with van der Waals surface area (Å²) in [6.07, 6.45) is 0. The zero-order valence-corrected chi connectivity index (χ0v) is 7.65. The van der Waals surface area contributed by atoms with Crippen LogP contribution in [0.25, 0.3) is 0 Å². The monoisotopic (exact) mass is 183 g/mol. The summed E-state index contributed by atoms with van der Waals surface area (Å²) in [5.41, 5.74) is 0.748. The van der Waals surface area contributed by atoms with Gasteiger partial charge in [0.15, 0.2) is 17.2 Å². The van der Waals surface area contributed by atoms with Crippen LogP contribution in [0.15, 0.2) is 12.1 Å². The molecule has 0 saturated carbocycles. The smallest absolute Gasteiger partial charge is 0.200 e. The van der Waals surface area contributed by atoms with Gasteiger partial charge >= 0.3 is 0 Å². The maximum absolute atomic E-state index is 9.17. The molecular weight excluding hydrogens is 170 g/mol. The van der Waals surface area contributed by atoms with E-state index in [-0.39, 0.29) is 11.5 Å². The summed E-state index contributed by atoms with van der Waals surface area (Å²) in [4.78, 5) is 1.89. The van der Waals surface area contributed by atoms with E-state index in [0.717, 1.165) is 5.56 Å². The molecule has 0 heterocycles. The third kappa shape index (κ3) is 2.26. The lowest BCUT2D eigenvalue weighted by atomic mass is 10.2. The minimum atomic E-state index is -0.470. The van der Waals surface area contributed by atoms with E-state index in [1.807, 2.05) is 19.0 Å². The molecule has 0 aliphatic rings. The summed E-state index contributed by atoms with van der Waals surface area (Å²) < 4.78 is 0. The fraction of sp³-hybridized carbons (Fsp3) is 0.333. The molecule has 0 fully saturated rings. The van der Waals surface area contributed by atoms with Gasteiger partial charge in [0.25, 0.3) is 0 Å². The molecule has 0 saturated heterocycles. The van der Waals surface area contributed by atoms with E-state index in [2.05, 4.69) is 0 Å². The number of benzene rings is 1. The minimum absolute atomic E-state index is 0.295. The number of aromatic hydroxyl groups is 3. The largest absolute Gasteiger partial charge is 0.504 e. The Labute approximate surface area is 76.7 Å². The second-order valence-electron chi connectivity index (χ2n) is 3.22. The lowest BCUT2D eigenvalue weighted by molar-refractivity contribution is 0.361. The van der Waals surface area contributed by atoms with Crippen LogP contribution >= 0.6 is 0 Å². The first kappa shape index (κ1) is 9.67. The van der Waals surface area contributed by atoms with Crippen molar-refractivity contribution >= 4 is 0 Å². The average Bonchev–Trinajstić information content (AvgIpc) is 1.98. The third-order valence-corrected chi connectivity index (χ3v) is 1.63. The highest BCUT2D eigenvalue weighted by Crippen LogP contribution is 2.35. The predicted octanol–water partition coefficient (Wildman–Crippen LogP) is 0.865.